The molecule has 5 rings (SSSR count). The molecule has 0 aromatic carbocycles. The van der Waals surface area contributed by atoms with Gasteiger partial charge >= 0.3 is 0 Å². The van der Waals surface area contributed by atoms with Crippen LogP contribution >= 0.6 is 11.3 Å². The molecular formula is C20H24N4O2S. The Morgan fingerprint density at radius 1 is 1.33 bits per heavy atom. The van der Waals surface area contributed by atoms with E-state index in [0.717, 1.165) is 56.2 Å². The van der Waals surface area contributed by atoms with Crippen molar-refractivity contribution in [2.24, 2.45) is 5.92 Å². The number of carbonyl (C=O) groups excluding carboxylic acids is 1. The van der Waals surface area contributed by atoms with Crippen LogP contribution in [0.4, 0.5) is 5.82 Å². The highest BCUT2D eigenvalue weighted by Gasteiger charge is 2.43. The Bertz CT molecular complexity index is 826. The van der Waals surface area contributed by atoms with Crippen molar-refractivity contribution in [2.75, 3.05) is 31.1 Å². The average Bonchev–Trinajstić information content (AvgIpc) is 3.44. The van der Waals surface area contributed by atoms with Crippen molar-refractivity contribution in [1.82, 2.24) is 15.3 Å². The Hall–Kier alpha value is -1.99. The van der Waals surface area contributed by atoms with Crippen molar-refractivity contribution in [3.63, 3.8) is 0 Å². The minimum atomic E-state index is -0.244. The summed E-state index contributed by atoms with van der Waals surface area (Å²) in [6.07, 6.45) is 10.5. The van der Waals surface area contributed by atoms with Gasteiger partial charge in [0.2, 0.25) is 0 Å². The van der Waals surface area contributed by atoms with E-state index < -0.39 is 0 Å². The molecule has 0 unspecified atom stereocenters. The lowest BCUT2D eigenvalue weighted by Gasteiger charge is -2.44. The number of ether oxygens (including phenoxy) is 1. The fourth-order valence-corrected chi connectivity index (χ4v) is 5.43. The van der Waals surface area contributed by atoms with Gasteiger partial charge in [0.05, 0.1) is 17.7 Å². The van der Waals surface area contributed by atoms with Crippen LogP contribution in [0.25, 0.3) is 0 Å². The first-order chi connectivity index (χ1) is 13.2. The molecule has 2 aliphatic heterocycles. The monoisotopic (exact) mass is 384 g/mol. The Balaban J connectivity index is 1.33. The minimum Gasteiger partial charge on any atom is -0.369 e. The average molecular weight is 385 g/mol. The third-order valence-electron chi connectivity index (χ3n) is 5.89. The zero-order valence-corrected chi connectivity index (χ0v) is 16.1. The molecule has 1 saturated carbocycles. The van der Waals surface area contributed by atoms with Gasteiger partial charge in [0.1, 0.15) is 11.4 Å². The van der Waals surface area contributed by atoms with Crippen molar-refractivity contribution in [3.8, 4) is 0 Å². The first-order valence-electron chi connectivity index (χ1n) is 9.80. The Morgan fingerprint density at radius 2 is 2.19 bits per heavy atom. The number of piperidine rings is 1. The maximum absolute atomic E-state index is 12.5. The number of thiophene rings is 1. The number of aromatic nitrogens is 2. The van der Waals surface area contributed by atoms with E-state index in [1.165, 1.54) is 23.3 Å². The van der Waals surface area contributed by atoms with Gasteiger partial charge in [0.15, 0.2) is 0 Å². The highest BCUT2D eigenvalue weighted by molar-refractivity contribution is 7.14. The number of nitrogens with one attached hydrogen (secondary N) is 1. The SMILES string of the molecule is O=C(NCC1CC1)c1cc2c(s1)C1(CCN(c3cnccn3)CC1)OCC2. The summed E-state index contributed by atoms with van der Waals surface area (Å²) in [6, 6.07) is 2.10. The van der Waals surface area contributed by atoms with E-state index >= 15 is 0 Å². The number of nitrogens with zero attached hydrogens (tertiary/aromatic N) is 3. The molecule has 1 aliphatic carbocycles. The number of amides is 1. The largest absolute Gasteiger partial charge is 0.369 e. The van der Waals surface area contributed by atoms with E-state index in [0.29, 0.717) is 5.92 Å². The highest BCUT2D eigenvalue weighted by atomic mass is 32.1. The third-order valence-corrected chi connectivity index (χ3v) is 7.25. The fraction of sp³-hybridized carbons (Fsp3) is 0.550. The molecule has 3 aliphatic rings. The summed E-state index contributed by atoms with van der Waals surface area (Å²) >= 11 is 1.63. The molecule has 2 aromatic rings. The number of hydrogen-bond acceptors (Lipinski definition) is 6. The summed E-state index contributed by atoms with van der Waals surface area (Å²) in [5, 5.41) is 3.10. The van der Waals surface area contributed by atoms with Crippen LogP contribution in [0.1, 0.15) is 45.8 Å². The van der Waals surface area contributed by atoms with Crippen LogP contribution in [-0.4, -0.2) is 42.1 Å². The van der Waals surface area contributed by atoms with Gasteiger partial charge in [-0.1, -0.05) is 0 Å². The molecule has 27 heavy (non-hydrogen) atoms. The highest BCUT2D eigenvalue weighted by Crippen LogP contribution is 2.45. The molecule has 0 bridgehead atoms. The molecule has 2 fully saturated rings. The van der Waals surface area contributed by atoms with E-state index in [1.54, 1.807) is 23.7 Å². The molecule has 4 heterocycles. The van der Waals surface area contributed by atoms with Gasteiger partial charge in [-0.05, 0) is 49.7 Å². The maximum atomic E-state index is 12.5. The van der Waals surface area contributed by atoms with Crippen LogP contribution < -0.4 is 10.2 Å². The number of rotatable bonds is 4. The molecule has 6 nitrogen and oxygen atoms in total. The second kappa shape index (κ2) is 6.87. The van der Waals surface area contributed by atoms with Crippen LogP contribution in [0.3, 0.4) is 0 Å². The smallest absolute Gasteiger partial charge is 0.261 e. The van der Waals surface area contributed by atoms with Crippen molar-refractivity contribution in [3.05, 3.63) is 40.0 Å². The topological polar surface area (TPSA) is 67.4 Å². The standard InChI is InChI=1S/C20H24N4O2S/c25-19(23-12-14-1-2-14)16-11-15-3-10-26-20(18(15)27-16)4-8-24(9-5-20)17-13-21-6-7-22-17/h6-7,11,13-14H,1-5,8-10,12H2,(H,23,25). The molecule has 1 amide bonds. The zero-order valence-electron chi connectivity index (χ0n) is 15.3. The molecule has 1 N–H and O–H groups in total. The van der Waals surface area contributed by atoms with Gasteiger partial charge in [0, 0.05) is 36.9 Å². The quantitative estimate of drug-likeness (QED) is 0.878. The van der Waals surface area contributed by atoms with Crippen molar-refractivity contribution in [1.29, 1.82) is 0 Å². The Kier molecular flexibility index (Phi) is 4.36. The molecule has 1 spiro atoms. The summed E-state index contributed by atoms with van der Waals surface area (Å²) in [6.45, 7) is 3.33. The van der Waals surface area contributed by atoms with Crippen LogP contribution in [0, 0.1) is 5.92 Å². The van der Waals surface area contributed by atoms with Gasteiger partial charge in [-0.25, -0.2) is 4.98 Å². The van der Waals surface area contributed by atoms with Gasteiger partial charge < -0.3 is 15.0 Å². The minimum absolute atomic E-state index is 0.0773. The summed E-state index contributed by atoms with van der Waals surface area (Å²) in [4.78, 5) is 25.5. The van der Waals surface area contributed by atoms with E-state index in [1.807, 2.05) is 6.20 Å². The van der Waals surface area contributed by atoms with E-state index in [9.17, 15) is 4.79 Å². The van der Waals surface area contributed by atoms with Gasteiger partial charge in [-0.2, -0.15) is 0 Å². The first kappa shape index (κ1) is 17.1. The zero-order chi connectivity index (χ0) is 18.3. The van der Waals surface area contributed by atoms with Crippen LogP contribution in [0.5, 0.6) is 0 Å². The second-order valence-electron chi connectivity index (χ2n) is 7.76. The van der Waals surface area contributed by atoms with E-state index in [2.05, 4.69) is 26.3 Å². The van der Waals surface area contributed by atoms with Crippen molar-refractivity contribution >= 4 is 23.1 Å². The van der Waals surface area contributed by atoms with E-state index in [-0.39, 0.29) is 11.5 Å². The molecule has 0 atom stereocenters. The molecule has 0 radical (unpaired) electrons. The molecule has 2 aromatic heterocycles. The summed E-state index contributed by atoms with van der Waals surface area (Å²) < 4.78 is 6.33. The normalized spacial score (nSPS) is 21.1. The lowest BCUT2D eigenvalue weighted by Crippen LogP contribution is -2.46. The maximum Gasteiger partial charge on any atom is 0.261 e. The predicted octanol–water partition coefficient (Wildman–Crippen LogP) is 2.75. The molecule has 142 valence electrons. The number of fused-ring (bicyclic) bond motifs is 2. The van der Waals surface area contributed by atoms with Crippen LogP contribution in [0.15, 0.2) is 24.7 Å². The summed E-state index contributed by atoms with van der Waals surface area (Å²) in [5.41, 5.74) is 1.06. The lowest BCUT2D eigenvalue weighted by atomic mass is 9.85. The van der Waals surface area contributed by atoms with Crippen LogP contribution in [0.2, 0.25) is 0 Å². The van der Waals surface area contributed by atoms with Crippen molar-refractivity contribution < 1.29 is 9.53 Å². The summed E-state index contributed by atoms with van der Waals surface area (Å²) in [5.74, 6) is 1.70. The predicted molar refractivity (Wildman–Crippen MR) is 104 cm³/mol. The Labute approximate surface area is 163 Å². The second-order valence-corrected chi connectivity index (χ2v) is 8.81. The first-order valence-corrected chi connectivity index (χ1v) is 10.6. The van der Waals surface area contributed by atoms with Gasteiger partial charge in [0.25, 0.3) is 5.91 Å². The van der Waals surface area contributed by atoms with Gasteiger partial charge in [-0.3, -0.25) is 9.78 Å². The summed E-state index contributed by atoms with van der Waals surface area (Å²) in [7, 11) is 0. The molecule has 7 heteroatoms. The number of carbonyl (C=O) groups is 1. The van der Waals surface area contributed by atoms with Gasteiger partial charge in [-0.15, -0.1) is 11.3 Å². The third kappa shape index (κ3) is 3.34. The fourth-order valence-electron chi connectivity index (χ4n) is 4.10. The number of anilines is 1. The number of hydrogen-bond donors (Lipinski definition) is 1. The molecular weight excluding hydrogens is 360 g/mol. The van der Waals surface area contributed by atoms with Crippen molar-refractivity contribution in [2.45, 2.75) is 37.7 Å². The van der Waals surface area contributed by atoms with Crippen LogP contribution in [-0.2, 0) is 16.8 Å². The Morgan fingerprint density at radius 3 is 2.93 bits per heavy atom. The lowest BCUT2D eigenvalue weighted by molar-refractivity contribution is -0.0735. The van der Waals surface area contributed by atoms with E-state index in [4.69, 9.17) is 4.74 Å². The molecule has 1 saturated heterocycles.